The quantitative estimate of drug-likeness (QED) is 0.571. The van der Waals surface area contributed by atoms with E-state index in [0.717, 1.165) is 64.7 Å². The first-order valence-corrected chi connectivity index (χ1v) is 9.23. The molecule has 0 bridgehead atoms. The highest BCUT2D eigenvalue weighted by molar-refractivity contribution is 5.79. The van der Waals surface area contributed by atoms with Crippen molar-refractivity contribution in [2.45, 2.75) is 20.3 Å². The van der Waals surface area contributed by atoms with E-state index >= 15 is 0 Å². The van der Waals surface area contributed by atoms with E-state index in [0.29, 0.717) is 0 Å². The topological polar surface area (TPSA) is 60.0 Å². The van der Waals surface area contributed by atoms with Gasteiger partial charge in [0.25, 0.3) is 0 Å². The van der Waals surface area contributed by atoms with Gasteiger partial charge in [0.15, 0.2) is 5.96 Å². The first kappa shape index (κ1) is 19.2. The molecule has 0 spiro atoms. The number of aliphatic imine (C=N–C) groups is 1. The van der Waals surface area contributed by atoms with Crippen LogP contribution in [0, 0.1) is 0 Å². The van der Waals surface area contributed by atoms with Gasteiger partial charge in [0.2, 0.25) is 5.91 Å². The number of nitrogens with one attached hydrogen (secondary N) is 2. The lowest BCUT2D eigenvalue weighted by atomic mass is 10.1. The zero-order valence-electron chi connectivity index (χ0n) is 15.5. The number of carbonyl (C=O) groups is 1. The SMILES string of the molecule is CCNC(=NCCN1CCN(C(C)=O)CC1)NCCc1ccccc1. The molecule has 6 nitrogen and oxygen atoms in total. The van der Waals surface area contributed by atoms with E-state index in [9.17, 15) is 4.79 Å². The summed E-state index contributed by atoms with van der Waals surface area (Å²) in [4.78, 5) is 20.3. The number of guanidine groups is 1. The van der Waals surface area contributed by atoms with Crippen LogP contribution in [0.1, 0.15) is 19.4 Å². The van der Waals surface area contributed by atoms with Crippen LogP contribution in [0.5, 0.6) is 0 Å². The van der Waals surface area contributed by atoms with Crippen molar-refractivity contribution in [2.24, 2.45) is 4.99 Å². The molecule has 1 aromatic carbocycles. The van der Waals surface area contributed by atoms with Crippen molar-refractivity contribution >= 4 is 11.9 Å². The van der Waals surface area contributed by atoms with Crippen LogP contribution in [-0.4, -0.2) is 74.0 Å². The molecule has 1 aliphatic heterocycles. The molecule has 25 heavy (non-hydrogen) atoms. The highest BCUT2D eigenvalue weighted by atomic mass is 16.2. The summed E-state index contributed by atoms with van der Waals surface area (Å²) in [6, 6.07) is 10.5. The lowest BCUT2D eigenvalue weighted by Gasteiger charge is -2.33. The molecule has 2 rings (SSSR count). The summed E-state index contributed by atoms with van der Waals surface area (Å²) in [6.07, 6.45) is 0.984. The van der Waals surface area contributed by atoms with Crippen molar-refractivity contribution < 1.29 is 4.79 Å². The molecule has 0 aromatic heterocycles. The van der Waals surface area contributed by atoms with Gasteiger partial charge in [0.1, 0.15) is 0 Å². The monoisotopic (exact) mass is 345 g/mol. The largest absolute Gasteiger partial charge is 0.357 e. The summed E-state index contributed by atoms with van der Waals surface area (Å²) in [5, 5.41) is 6.69. The Morgan fingerprint density at radius 2 is 1.84 bits per heavy atom. The summed E-state index contributed by atoms with van der Waals surface area (Å²) in [5.41, 5.74) is 1.33. The molecular weight excluding hydrogens is 314 g/mol. The molecular formula is C19H31N5O. The summed E-state index contributed by atoms with van der Waals surface area (Å²) >= 11 is 0. The zero-order chi connectivity index (χ0) is 17.9. The number of hydrogen-bond acceptors (Lipinski definition) is 3. The van der Waals surface area contributed by atoms with Crippen molar-refractivity contribution in [3.63, 3.8) is 0 Å². The Morgan fingerprint density at radius 1 is 1.12 bits per heavy atom. The summed E-state index contributed by atoms with van der Waals surface area (Å²) in [5.74, 6) is 1.05. The van der Waals surface area contributed by atoms with E-state index in [1.165, 1.54) is 5.56 Å². The molecule has 2 N–H and O–H groups in total. The van der Waals surface area contributed by atoms with Crippen molar-refractivity contribution in [1.29, 1.82) is 0 Å². The van der Waals surface area contributed by atoms with Crippen LogP contribution in [-0.2, 0) is 11.2 Å². The van der Waals surface area contributed by atoms with E-state index in [4.69, 9.17) is 0 Å². The fourth-order valence-corrected chi connectivity index (χ4v) is 2.90. The van der Waals surface area contributed by atoms with Gasteiger partial charge in [-0.1, -0.05) is 30.3 Å². The minimum absolute atomic E-state index is 0.176. The summed E-state index contributed by atoms with van der Waals surface area (Å²) < 4.78 is 0. The van der Waals surface area contributed by atoms with E-state index in [1.54, 1.807) is 6.92 Å². The first-order valence-electron chi connectivity index (χ1n) is 9.23. The Hall–Kier alpha value is -2.08. The lowest BCUT2D eigenvalue weighted by Crippen LogP contribution is -2.48. The highest BCUT2D eigenvalue weighted by Gasteiger charge is 2.17. The fourth-order valence-electron chi connectivity index (χ4n) is 2.90. The van der Waals surface area contributed by atoms with Crippen LogP contribution in [0.4, 0.5) is 0 Å². The molecule has 6 heteroatoms. The molecule has 1 heterocycles. The molecule has 1 fully saturated rings. The number of carbonyl (C=O) groups excluding carboxylic acids is 1. The maximum atomic E-state index is 11.4. The Morgan fingerprint density at radius 3 is 2.48 bits per heavy atom. The predicted octanol–water partition coefficient (Wildman–Crippen LogP) is 0.948. The number of nitrogens with zero attached hydrogens (tertiary/aromatic N) is 3. The van der Waals surface area contributed by atoms with Crippen LogP contribution in [0.15, 0.2) is 35.3 Å². The number of hydrogen-bond donors (Lipinski definition) is 2. The Bertz CT molecular complexity index is 538. The van der Waals surface area contributed by atoms with Crippen molar-refractivity contribution in [2.75, 3.05) is 52.4 Å². The average Bonchev–Trinajstić information content (AvgIpc) is 2.63. The summed E-state index contributed by atoms with van der Waals surface area (Å²) in [6.45, 7) is 10.7. The third kappa shape index (κ3) is 7.13. The fraction of sp³-hybridized carbons (Fsp3) is 0.579. The minimum atomic E-state index is 0.176. The van der Waals surface area contributed by atoms with Crippen LogP contribution in [0.3, 0.4) is 0 Å². The van der Waals surface area contributed by atoms with Crippen molar-refractivity contribution in [3.8, 4) is 0 Å². The van der Waals surface area contributed by atoms with Gasteiger partial charge < -0.3 is 15.5 Å². The van der Waals surface area contributed by atoms with E-state index in [1.807, 2.05) is 11.0 Å². The number of rotatable bonds is 7. The molecule has 138 valence electrons. The van der Waals surface area contributed by atoms with E-state index < -0.39 is 0 Å². The number of amides is 1. The normalized spacial score (nSPS) is 15.9. The molecule has 1 aromatic rings. The maximum absolute atomic E-state index is 11.4. The van der Waals surface area contributed by atoms with Crippen LogP contribution in [0.25, 0.3) is 0 Å². The molecule has 0 saturated carbocycles. The average molecular weight is 345 g/mol. The van der Waals surface area contributed by atoms with Crippen LogP contribution in [0.2, 0.25) is 0 Å². The van der Waals surface area contributed by atoms with Crippen molar-refractivity contribution in [1.82, 2.24) is 20.4 Å². The standard InChI is InChI=1S/C19H31N5O/c1-3-20-19(21-10-9-18-7-5-4-6-8-18)22-11-12-23-13-15-24(16-14-23)17(2)25/h4-8H,3,9-16H2,1-2H3,(H2,20,21,22). The zero-order valence-corrected chi connectivity index (χ0v) is 15.5. The molecule has 0 atom stereocenters. The number of piperazine rings is 1. The Kier molecular flexibility index (Phi) is 8.25. The van der Waals surface area contributed by atoms with Gasteiger partial charge in [-0.3, -0.25) is 14.7 Å². The van der Waals surface area contributed by atoms with Gasteiger partial charge in [-0.25, -0.2) is 0 Å². The second-order valence-corrected chi connectivity index (χ2v) is 6.27. The second kappa shape index (κ2) is 10.7. The van der Waals surface area contributed by atoms with E-state index in [2.05, 4.69) is 51.7 Å². The molecule has 0 radical (unpaired) electrons. The summed E-state index contributed by atoms with van der Waals surface area (Å²) in [7, 11) is 0. The van der Waals surface area contributed by atoms with Gasteiger partial charge in [0.05, 0.1) is 6.54 Å². The van der Waals surface area contributed by atoms with Gasteiger partial charge >= 0.3 is 0 Å². The van der Waals surface area contributed by atoms with Gasteiger partial charge in [-0.2, -0.15) is 0 Å². The second-order valence-electron chi connectivity index (χ2n) is 6.27. The number of benzene rings is 1. The Balaban J connectivity index is 1.69. The molecule has 1 aliphatic rings. The smallest absolute Gasteiger partial charge is 0.219 e. The van der Waals surface area contributed by atoms with E-state index in [-0.39, 0.29) is 5.91 Å². The third-order valence-electron chi connectivity index (χ3n) is 4.40. The molecule has 0 aliphatic carbocycles. The van der Waals surface area contributed by atoms with Crippen LogP contribution >= 0.6 is 0 Å². The third-order valence-corrected chi connectivity index (χ3v) is 4.40. The first-order chi connectivity index (χ1) is 12.2. The molecule has 0 unspecified atom stereocenters. The van der Waals surface area contributed by atoms with Gasteiger partial charge in [-0.15, -0.1) is 0 Å². The predicted molar refractivity (Wildman–Crippen MR) is 103 cm³/mol. The van der Waals surface area contributed by atoms with Crippen LogP contribution < -0.4 is 10.6 Å². The van der Waals surface area contributed by atoms with Gasteiger partial charge in [-0.05, 0) is 18.9 Å². The molecule has 1 amide bonds. The minimum Gasteiger partial charge on any atom is -0.357 e. The maximum Gasteiger partial charge on any atom is 0.219 e. The van der Waals surface area contributed by atoms with Gasteiger partial charge in [0, 0.05) is 52.7 Å². The highest BCUT2D eigenvalue weighted by Crippen LogP contribution is 2.01. The van der Waals surface area contributed by atoms with Crippen molar-refractivity contribution in [3.05, 3.63) is 35.9 Å². The Labute approximate surface area is 151 Å². The lowest BCUT2D eigenvalue weighted by molar-refractivity contribution is -0.130. The molecule has 1 saturated heterocycles.